The van der Waals surface area contributed by atoms with Crippen LogP contribution in [-0.2, 0) is 9.59 Å². The zero-order chi connectivity index (χ0) is 9.64. The van der Waals surface area contributed by atoms with Crippen molar-refractivity contribution in [1.82, 2.24) is 0 Å². The molecule has 0 spiro atoms. The molecule has 2 rings (SSSR count). The molecule has 0 aromatic rings. The van der Waals surface area contributed by atoms with Gasteiger partial charge >= 0.3 is 5.97 Å². The van der Waals surface area contributed by atoms with Crippen molar-refractivity contribution in [2.24, 2.45) is 17.3 Å². The summed E-state index contributed by atoms with van der Waals surface area (Å²) in [5.74, 6) is -0.591. The molecule has 0 aromatic carbocycles. The maximum atomic E-state index is 11.6. The molecular formula is C10H14O3. The van der Waals surface area contributed by atoms with Crippen molar-refractivity contribution in [1.29, 1.82) is 0 Å². The van der Waals surface area contributed by atoms with E-state index in [0.717, 1.165) is 12.8 Å². The lowest BCUT2D eigenvalue weighted by Gasteiger charge is -2.30. The highest BCUT2D eigenvalue weighted by atomic mass is 16.4. The molecule has 3 heteroatoms. The first kappa shape index (κ1) is 8.73. The van der Waals surface area contributed by atoms with Gasteiger partial charge in [0, 0.05) is 11.8 Å². The van der Waals surface area contributed by atoms with Crippen molar-refractivity contribution in [2.45, 2.75) is 32.6 Å². The van der Waals surface area contributed by atoms with Crippen molar-refractivity contribution in [2.75, 3.05) is 0 Å². The second-order valence-corrected chi connectivity index (χ2v) is 4.64. The minimum Gasteiger partial charge on any atom is -0.481 e. The molecular weight excluding hydrogens is 168 g/mol. The van der Waals surface area contributed by atoms with Crippen molar-refractivity contribution in [3.05, 3.63) is 0 Å². The molecule has 3 atom stereocenters. The Bertz CT molecular complexity index is 271. The van der Waals surface area contributed by atoms with E-state index in [1.165, 1.54) is 0 Å². The third kappa shape index (κ3) is 1.18. The summed E-state index contributed by atoms with van der Waals surface area (Å²) >= 11 is 0. The summed E-state index contributed by atoms with van der Waals surface area (Å²) in [6.45, 7) is 1.98. The third-order valence-electron chi connectivity index (χ3n) is 3.73. The second kappa shape index (κ2) is 2.56. The van der Waals surface area contributed by atoms with Crippen LogP contribution < -0.4 is 0 Å². The standard InChI is InChI=1S/C10H14O3/c1-10-3-2-7(9(12)13)6(5-10)4-8(10)11/h6-7H,2-5H2,1H3,(H,12,13). The fourth-order valence-corrected chi connectivity index (χ4v) is 2.81. The summed E-state index contributed by atoms with van der Waals surface area (Å²) in [6.07, 6.45) is 2.73. The fraction of sp³-hybridized carbons (Fsp3) is 0.800. The smallest absolute Gasteiger partial charge is 0.306 e. The van der Waals surface area contributed by atoms with Crippen molar-refractivity contribution >= 4 is 11.8 Å². The van der Waals surface area contributed by atoms with Gasteiger partial charge in [-0.15, -0.1) is 0 Å². The number of hydrogen-bond donors (Lipinski definition) is 1. The summed E-state index contributed by atoms with van der Waals surface area (Å²) in [5.41, 5.74) is -0.184. The summed E-state index contributed by atoms with van der Waals surface area (Å²) in [4.78, 5) is 22.4. The number of hydrogen-bond acceptors (Lipinski definition) is 2. The van der Waals surface area contributed by atoms with Crippen LogP contribution >= 0.6 is 0 Å². The molecule has 3 unspecified atom stereocenters. The van der Waals surface area contributed by atoms with Crippen LogP contribution in [0.3, 0.4) is 0 Å². The molecule has 0 aliphatic heterocycles. The van der Waals surface area contributed by atoms with Crippen LogP contribution in [0.2, 0.25) is 0 Å². The van der Waals surface area contributed by atoms with Gasteiger partial charge in [0.05, 0.1) is 5.92 Å². The number of ketones is 1. The van der Waals surface area contributed by atoms with Crippen molar-refractivity contribution in [3.8, 4) is 0 Å². The number of fused-ring (bicyclic) bond motifs is 2. The van der Waals surface area contributed by atoms with Crippen LogP contribution in [0.5, 0.6) is 0 Å². The van der Waals surface area contributed by atoms with E-state index >= 15 is 0 Å². The molecule has 0 radical (unpaired) electrons. The Hall–Kier alpha value is -0.860. The molecule has 0 aromatic heterocycles. The molecule has 2 bridgehead atoms. The highest BCUT2D eigenvalue weighted by Crippen LogP contribution is 2.51. The molecule has 3 nitrogen and oxygen atoms in total. The Labute approximate surface area is 77.1 Å². The van der Waals surface area contributed by atoms with E-state index in [-0.39, 0.29) is 23.0 Å². The number of carbonyl (C=O) groups excluding carboxylic acids is 1. The molecule has 0 amide bonds. The first-order valence-electron chi connectivity index (χ1n) is 4.79. The van der Waals surface area contributed by atoms with E-state index in [1.807, 2.05) is 6.92 Å². The largest absolute Gasteiger partial charge is 0.481 e. The molecule has 2 aliphatic carbocycles. The zero-order valence-electron chi connectivity index (χ0n) is 7.75. The van der Waals surface area contributed by atoms with E-state index in [9.17, 15) is 9.59 Å². The average molecular weight is 182 g/mol. The SMILES string of the molecule is CC12CCC(C(=O)O)C(CC1=O)C2. The van der Waals surface area contributed by atoms with Gasteiger partial charge in [0.25, 0.3) is 0 Å². The monoisotopic (exact) mass is 182 g/mol. The molecule has 2 saturated carbocycles. The zero-order valence-corrected chi connectivity index (χ0v) is 7.75. The number of rotatable bonds is 1. The third-order valence-corrected chi connectivity index (χ3v) is 3.73. The number of aliphatic carboxylic acids is 1. The first-order valence-corrected chi connectivity index (χ1v) is 4.79. The summed E-state index contributed by atoms with van der Waals surface area (Å²) in [6, 6.07) is 0. The predicted molar refractivity (Wildman–Crippen MR) is 46.2 cm³/mol. The van der Waals surface area contributed by atoms with Gasteiger partial charge < -0.3 is 5.11 Å². The predicted octanol–water partition coefficient (Wildman–Crippen LogP) is 1.47. The minimum absolute atomic E-state index is 0.115. The van der Waals surface area contributed by atoms with Crippen LogP contribution in [-0.4, -0.2) is 16.9 Å². The van der Waals surface area contributed by atoms with Crippen LogP contribution in [0, 0.1) is 17.3 Å². The molecule has 0 saturated heterocycles. The van der Waals surface area contributed by atoms with Gasteiger partial charge in [0.15, 0.2) is 0 Å². The Balaban J connectivity index is 2.21. The van der Waals surface area contributed by atoms with Gasteiger partial charge in [-0.2, -0.15) is 0 Å². The summed E-state index contributed by atoms with van der Waals surface area (Å²) in [5, 5.41) is 8.92. The summed E-state index contributed by atoms with van der Waals surface area (Å²) in [7, 11) is 0. The van der Waals surface area contributed by atoms with Gasteiger partial charge in [0.1, 0.15) is 5.78 Å². The Morgan fingerprint density at radius 3 is 2.92 bits per heavy atom. The van der Waals surface area contributed by atoms with Gasteiger partial charge in [-0.3, -0.25) is 9.59 Å². The average Bonchev–Trinajstić information content (AvgIpc) is 2.23. The number of carboxylic acids is 1. The van der Waals surface area contributed by atoms with E-state index < -0.39 is 5.97 Å². The number of carboxylic acid groups (broad SMARTS) is 1. The molecule has 1 N–H and O–H groups in total. The van der Waals surface area contributed by atoms with Crippen LogP contribution in [0.25, 0.3) is 0 Å². The first-order chi connectivity index (χ1) is 6.03. The van der Waals surface area contributed by atoms with E-state index in [4.69, 9.17) is 5.11 Å². The number of Topliss-reactive ketones (excluding diaryl/α,β-unsaturated/α-hetero) is 1. The van der Waals surface area contributed by atoms with Crippen LogP contribution in [0.1, 0.15) is 32.6 Å². The topological polar surface area (TPSA) is 54.4 Å². The van der Waals surface area contributed by atoms with E-state index in [0.29, 0.717) is 12.8 Å². The van der Waals surface area contributed by atoms with Gasteiger partial charge in [-0.05, 0) is 25.2 Å². The molecule has 72 valence electrons. The molecule has 0 heterocycles. The van der Waals surface area contributed by atoms with Gasteiger partial charge in [0.2, 0.25) is 0 Å². The minimum atomic E-state index is -0.721. The summed E-state index contributed by atoms with van der Waals surface area (Å²) < 4.78 is 0. The van der Waals surface area contributed by atoms with Crippen LogP contribution in [0.15, 0.2) is 0 Å². The Morgan fingerprint density at radius 2 is 2.31 bits per heavy atom. The molecule has 13 heavy (non-hydrogen) atoms. The van der Waals surface area contributed by atoms with Crippen molar-refractivity contribution in [3.63, 3.8) is 0 Å². The molecule has 2 aliphatic rings. The Morgan fingerprint density at radius 1 is 1.62 bits per heavy atom. The fourth-order valence-electron chi connectivity index (χ4n) is 2.81. The normalized spacial score (nSPS) is 43.6. The highest BCUT2D eigenvalue weighted by molar-refractivity contribution is 5.88. The lowest BCUT2D eigenvalue weighted by molar-refractivity contribution is -0.145. The van der Waals surface area contributed by atoms with Gasteiger partial charge in [-0.1, -0.05) is 6.92 Å². The molecule has 2 fully saturated rings. The van der Waals surface area contributed by atoms with E-state index in [1.54, 1.807) is 0 Å². The lowest BCUT2D eigenvalue weighted by Crippen LogP contribution is -2.30. The van der Waals surface area contributed by atoms with Crippen molar-refractivity contribution < 1.29 is 14.7 Å². The maximum absolute atomic E-state index is 11.6. The number of carbonyl (C=O) groups is 2. The second-order valence-electron chi connectivity index (χ2n) is 4.64. The van der Waals surface area contributed by atoms with Gasteiger partial charge in [-0.25, -0.2) is 0 Å². The quantitative estimate of drug-likeness (QED) is 0.668. The van der Waals surface area contributed by atoms with E-state index in [2.05, 4.69) is 0 Å². The highest BCUT2D eigenvalue weighted by Gasteiger charge is 2.50. The maximum Gasteiger partial charge on any atom is 0.306 e. The Kier molecular flexibility index (Phi) is 1.72. The van der Waals surface area contributed by atoms with Crippen LogP contribution in [0.4, 0.5) is 0 Å². The lowest BCUT2D eigenvalue weighted by atomic mass is 9.72.